The van der Waals surface area contributed by atoms with Crippen molar-refractivity contribution in [1.29, 1.82) is 0 Å². The number of nitrogens with one attached hydrogen (secondary N) is 2. The number of ether oxygens (including phenoxy) is 1. The molecule has 0 fully saturated rings. The Hall–Kier alpha value is 0.140. The fourth-order valence-corrected chi connectivity index (χ4v) is 4.40. The maximum atomic E-state index is 11.5. The van der Waals surface area contributed by atoms with Crippen molar-refractivity contribution in [3.8, 4) is 0 Å². The van der Waals surface area contributed by atoms with Crippen molar-refractivity contribution in [2.24, 2.45) is 0 Å². The van der Waals surface area contributed by atoms with Gasteiger partial charge in [0.25, 0.3) is 0 Å². The van der Waals surface area contributed by atoms with E-state index in [2.05, 4.69) is 41.3 Å². The Morgan fingerprint density at radius 2 is 1.88 bits per heavy atom. The van der Waals surface area contributed by atoms with E-state index in [9.17, 15) is 13.2 Å². The van der Waals surface area contributed by atoms with Crippen LogP contribution in [-0.4, -0.2) is 37.8 Å². The van der Waals surface area contributed by atoms with Crippen LogP contribution in [0.3, 0.4) is 0 Å². The van der Waals surface area contributed by atoms with Crippen molar-refractivity contribution in [3.05, 3.63) is 0 Å². The van der Waals surface area contributed by atoms with Gasteiger partial charge in [0.15, 0.2) is 0 Å². The van der Waals surface area contributed by atoms with Gasteiger partial charge in [-0.1, -0.05) is 38.8 Å². The average molecular weight is 382 g/mol. The van der Waals surface area contributed by atoms with E-state index in [1.165, 1.54) is 0 Å². The van der Waals surface area contributed by atoms with Crippen molar-refractivity contribution in [2.45, 2.75) is 18.9 Å². The summed E-state index contributed by atoms with van der Waals surface area (Å²) in [6.45, 7) is 1.84. The predicted molar refractivity (Wildman–Crippen MR) is 68.2 cm³/mol. The van der Waals surface area contributed by atoms with Crippen LogP contribution in [0.5, 0.6) is 0 Å². The van der Waals surface area contributed by atoms with Gasteiger partial charge in [-0.05, 0) is 6.42 Å². The number of carbonyl (C=O) groups is 1. The zero-order chi connectivity index (χ0) is 12.8. The fraction of sp³-hybridized carbons (Fsp3) is 0.857. The van der Waals surface area contributed by atoms with Gasteiger partial charge in [0.1, 0.15) is 0 Å². The second-order valence-electron chi connectivity index (χ2n) is 3.10. The number of halogens is 2. The SMILES string of the molecule is CCC(CBr)(CBr)NS(=O)(=O)NC(=O)OC. The Morgan fingerprint density at radius 1 is 1.38 bits per heavy atom. The Bertz CT molecular complexity index is 321. The smallest absolute Gasteiger partial charge is 0.421 e. The highest BCUT2D eigenvalue weighted by Crippen LogP contribution is 2.17. The van der Waals surface area contributed by atoms with E-state index in [0.717, 1.165) is 7.11 Å². The van der Waals surface area contributed by atoms with E-state index in [4.69, 9.17) is 0 Å². The molecular formula is C7H14Br2N2O4S. The van der Waals surface area contributed by atoms with Gasteiger partial charge in [0, 0.05) is 10.7 Å². The van der Waals surface area contributed by atoms with E-state index in [1.807, 2.05) is 6.92 Å². The molecule has 0 saturated heterocycles. The third kappa shape index (κ3) is 4.98. The van der Waals surface area contributed by atoms with Crippen LogP contribution in [0, 0.1) is 0 Å². The van der Waals surface area contributed by atoms with Crippen LogP contribution in [0.1, 0.15) is 13.3 Å². The van der Waals surface area contributed by atoms with E-state index in [1.54, 1.807) is 4.72 Å². The summed E-state index contributed by atoms with van der Waals surface area (Å²) in [5.41, 5.74) is -0.681. The molecule has 0 aliphatic carbocycles. The van der Waals surface area contributed by atoms with Crippen molar-refractivity contribution in [1.82, 2.24) is 9.44 Å². The predicted octanol–water partition coefficient (Wildman–Crippen LogP) is 1.12. The van der Waals surface area contributed by atoms with Gasteiger partial charge >= 0.3 is 16.3 Å². The van der Waals surface area contributed by atoms with Crippen molar-refractivity contribution >= 4 is 48.2 Å². The fourth-order valence-electron chi connectivity index (χ4n) is 0.813. The van der Waals surface area contributed by atoms with Gasteiger partial charge in [0.2, 0.25) is 0 Å². The lowest BCUT2D eigenvalue weighted by Crippen LogP contribution is -2.55. The summed E-state index contributed by atoms with van der Waals surface area (Å²) in [6.07, 6.45) is -0.465. The molecule has 0 atom stereocenters. The van der Waals surface area contributed by atoms with Gasteiger partial charge in [-0.3, -0.25) is 0 Å². The first-order valence-electron chi connectivity index (χ1n) is 4.36. The molecule has 6 nitrogen and oxygen atoms in total. The zero-order valence-corrected chi connectivity index (χ0v) is 12.9. The summed E-state index contributed by atoms with van der Waals surface area (Å²) in [5.74, 6) is 0. The minimum Gasteiger partial charge on any atom is -0.452 e. The monoisotopic (exact) mass is 380 g/mol. The van der Waals surface area contributed by atoms with Gasteiger partial charge < -0.3 is 4.74 Å². The quantitative estimate of drug-likeness (QED) is 0.675. The molecular weight excluding hydrogens is 368 g/mol. The molecule has 0 spiro atoms. The second-order valence-corrected chi connectivity index (χ2v) is 5.64. The molecule has 16 heavy (non-hydrogen) atoms. The minimum absolute atomic E-state index is 0.420. The molecule has 0 aliphatic rings. The second kappa shape index (κ2) is 6.77. The molecule has 2 N–H and O–H groups in total. The van der Waals surface area contributed by atoms with Gasteiger partial charge in [0.05, 0.1) is 12.6 Å². The lowest BCUT2D eigenvalue weighted by molar-refractivity contribution is 0.177. The van der Waals surface area contributed by atoms with Crippen molar-refractivity contribution in [2.75, 3.05) is 17.8 Å². The highest BCUT2D eigenvalue weighted by molar-refractivity contribution is 9.09. The molecule has 0 bridgehead atoms. The van der Waals surface area contributed by atoms with Gasteiger partial charge in [-0.15, -0.1) is 0 Å². The van der Waals surface area contributed by atoms with E-state index in [0.29, 0.717) is 17.1 Å². The number of hydrogen-bond donors (Lipinski definition) is 2. The summed E-state index contributed by atoms with van der Waals surface area (Å²) >= 11 is 6.46. The summed E-state index contributed by atoms with van der Waals surface area (Å²) in [5, 5.41) is 0.841. The first kappa shape index (κ1) is 16.1. The molecule has 96 valence electrons. The summed E-state index contributed by atoms with van der Waals surface area (Å²) in [7, 11) is -2.83. The molecule has 1 amide bonds. The number of amides is 1. The number of methoxy groups -OCH3 is 1. The molecule has 0 aromatic carbocycles. The van der Waals surface area contributed by atoms with Gasteiger partial charge in [-0.2, -0.15) is 13.1 Å². The van der Waals surface area contributed by atoms with Crippen LogP contribution < -0.4 is 9.44 Å². The molecule has 0 rings (SSSR count). The molecule has 0 aliphatic heterocycles. The highest BCUT2D eigenvalue weighted by atomic mass is 79.9. The van der Waals surface area contributed by atoms with Crippen LogP contribution in [0.15, 0.2) is 0 Å². The average Bonchev–Trinajstić information content (AvgIpc) is 2.25. The largest absolute Gasteiger partial charge is 0.452 e. The first-order chi connectivity index (χ1) is 7.34. The molecule has 0 heterocycles. The van der Waals surface area contributed by atoms with Crippen molar-refractivity contribution in [3.63, 3.8) is 0 Å². The molecule has 0 radical (unpaired) electrons. The third-order valence-corrected chi connectivity index (χ3v) is 5.23. The summed E-state index contributed by atoms with van der Waals surface area (Å²) in [4.78, 5) is 10.8. The Balaban J connectivity index is 4.73. The lowest BCUT2D eigenvalue weighted by atomic mass is 10.0. The number of hydrogen-bond acceptors (Lipinski definition) is 4. The van der Waals surface area contributed by atoms with Gasteiger partial charge in [-0.25, -0.2) is 9.52 Å². The normalized spacial score (nSPS) is 12.2. The number of rotatable bonds is 6. The summed E-state index contributed by atoms with van der Waals surface area (Å²) in [6, 6.07) is 0. The lowest BCUT2D eigenvalue weighted by Gasteiger charge is -2.29. The summed E-state index contributed by atoms with van der Waals surface area (Å²) < 4.78 is 31.4. The molecule has 9 heteroatoms. The maximum absolute atomic E-state index is 11.5. The molecule has 0 aromatic rings. The van der Waals surface area contributed by atoms with E-state index in [-0.39, 0.29) is 0 Å². The van der Waals surface area contributed by atoms with Crippen LogP contribution in [-0.2, 0) is 14.9 Å². The van der Waals surface area contributed by atoms with Crippen LogP contribution in [0.25, 0.3) is 0 Å². The number of carbonyl (C=O) groups excluding carboxylic acids is 1. The Morgan fingerprint density at radius 3 is 2.19 bits per heavy atom. The molecule has 0 saturated carbocycles. The first-order valence-corrected chi connectivity index (χ1v) is 8.09. The maximum Gasteiger partial charge on any atom is 0.421 e. The molecule has 0 unspecified atom stereocenters. The Labute approximate surface area is 112 Å². The van der Waals surface area contributed by atoms with E-state index < -0.39 is 21.8 Å². The zero-order valence-electron chi connectivity index (χ0n) is 8.92. The van der Waals surface area contributed by atoms with Crippen molar-refractivity contribution < 1.29 is 17.9 Å². The topological polar surface area (TPSA) is 84.5 Å². The number of alkyl halides is 2. The molecule has 0 aromatic heterocycles. The Kier molecular flexibility index (Phi) is 6.83. The minimum atomic E-state index is -3.92. The van der Waals surface area contributed by atoms with Crippen LogP contribution in [0.2, 0.25) is 0 Å². The van der Waals surface area contributed by atoms with E-state index >= 15 is 0 Å². The van der Waals surface area contributed by atoms with Crippen LogP contribution >= 0.6 is 31.9 Å². The standard InChI is InChI=1S/C7H14Br2N2O4S/c1-3-7(4-8,5-9)11-16(13,14)10-6(12)15-2/h11H,3-5H2,1-2H3,(H,10,12). The third-order valence-electron chi connectivity index (χ3n) is 1.94. The highest BCUT2D eigenvalue weighted by Gasteiger charge is 2.31. The van der Waals surface area contributed by atoms with Crippen LogP contribution in [0.4, 0.5) is 4.79 Å².